The van der Waals surface area contributed by atoms with Gasteiger partial charge in [-0.3, -0.25) is 9.59 Å². The first-order valence-electron chi connectivity index (χ1n) is 26.6. The number of carbonyl (C=O) groups excluding carboxylic acids is 2. The molecule has 1 heterocycles. The molecule has 1 aliphatic rings. The monoisotopic (exact) mass is 954 g/mol. The van der Waals surface area contributed by atoms with E-state index in [2.05, 4.69) is 62.5 Å². The minimum absolute atomic E-state index is 0.0709. The third-order valence-corrected chi connectivity index (χ3v) is 11.9. The number of carbonyl (C=O) groups is 2. The zero-order valence-corrected chi connectivity index (χ0v) is 42.4. The van der Waals surface area contributed by atoms with Gasteiger partial charge in [-0.15, -0.1) is 0 Å². The highest BCUT2D eigenvalue weighted by Crippen LogP contribution is 2.26. The Morgan fingerprint density at radius 2 is 1.06 bits per heavy atom. The van der Waals surface area contributed by atoms with Crippen LogP contribution >= 0.6 is 0 Å². The van der Waals surface area contributed by atoms with Crippen LogP contribution < -0.4 is 5.32 Å². The molecule has 6 N–H and O–H groups in total. The zero-order chi connectivity index (χ0) is 49.7. The van der Waals surface area contributed by atoms with Crippen LogP contribution in [0.2, 0.25) is 0 Å². The van der Waals surface area contributed by atoms with E-state index in [0.717, 1.165) is 96.3 Å². The van der Waals surface area contributed by atoms with Gasteiger partial charge in [0.2, 0.25) is 5.91 Å². The summed E-state index contributed by atoms with van der Waals surface area (Å²) in [6, 6.07) is -1.04. The number of allylic oxidation sites excluding steroid dienone is 15. The maximum atomic E-state index is 13.3. The van der Waals surface area contributed by atoms with E-state index in [1.165, 1.54) is 44.9 Å². The highest BCUT2D eigenvalue weighted by Gasteiger charge is 2.47. The fraction of sp³-hybridized carbons (Fsp3) is 0.684. The summed E-state index contributed by atoms with van der Waals surface area (Å²) in [5.74, 6) is -1.26. The summed E-state index contributed by atoms with van der Waals surface area (Å²) in [4.78, 5) is 26.3. The van der Waals surface area contributed by atoms with Crippen molar-refractivity contribution in [1.82, 2.24) is 5.32 Å². The Kier molecular flexibility index (Phi) is 41.2. The van der Waals surface area contributed by atoms with E-state index in [9.17, 15) is 35.1 Å². The smallest absolute Gasteiger partial charge is 0.306 e. The maximum absolute atomic E-state index is 13.3. The molecule has 0 aromatic heterocycles. The van der Waals surface area contributed by atoms with Crippen molar-refractivity contribution in [2.45, 2.75) is 237 Å². The molecule has 1 amide bonds. The lowest BCUT2D eigenvalue weighted by atomic mass is 9.99. The van der Waals surface area contributed by atoms with Crippen molar-refractivity contribution < 1.29 is 49.3 Å². The van der Waals surface area contributed by atoms with E-state index in [1.54, 1.807) is 6.08 Å². The SMILES string of the molecule is CC/C=C/C=C/C=C\C=C/CCCCCC(=O)OC1C(OCC(NC(=O)C(O)CCCCCCCC/C=C/C=C/C=C/CC)C(O)/C=C/CCCCCCCCCCCC)OC(CO)C(O)C1O. The van der Waals surface area contributed by atoms with Crippen molar-refractivity contribution >= 4 is 11.9 Å². The van der Waals surface area contributed by atoms with Gasteiger partial charge in [-0.25, -0.2) is 0 Å². The molecule has 8 atom stereocenters. The van der Waals surface area contributed by atoms with Crippen LogP contribution in [-0.2, 0) is 23.8 Å². The molecular formula is C57H95NO10. The topological polar surface area (TPSA) is 175 Å². The zero-order valence-electron chi connectivity index (χ0n) is 42.4. The second kappa shape index (κ2) is 44.8. The fourth-order valence-corrected chi connectivity index (χ4v) is 7.66. The summed E-state index contributed by atoms with van der Waals surface area (Å²) in [7, 11) is 0. The van der Waals surface area contributed by atoms with Gasteiger partial charge in [0.15, 0.2) is 12.4 Å². The predicted molar refractivity (Wildman–Crippen MR) is 278 cm³/mol. The predicted octanol–water partition coefficient (Wildman–Crippen LogP) is 11.2. The number of unbranched alkanes of at least 4 members (excludes halogenated alkanes) is 19. The number of hydrogen-bond donors (Lipinski definition) is 6. The summed E-state index contributed by atoms with van der Waals surface area (Å²) in [6.07, 6.45) is 47.4. The van der Waals surface area contributed by atoms with Gasteiger partial charge in [0.25, 0.3) is 0 Å². The van der Waals surface area contributed by atoms with Gasteiger partial charge >= 0.3 is 5.97 Å². The van der Waals surface area contributed by atoms with Crippen LogP contribution in [0.4, 0.5) is 0 Å². The van der Waals surface area contributed by atoms with Crippen LogP contribution in [0.3, 0.4) is 0 Å². The standard InChI is InChI=1S/C57H95NO10/c1-4-7-10-13-16-19-22-25-27-29-32-35-38-41-44-50(61)56(65)58-48(49(60)43-40-37-34-31-28-24-21-18-15-12-9-6-3)47-66-57-55(54(64)53(63)51(46-59)67-57)68-52(62)45-42-39-36-33-30-26-23-20-17-14-11-8-5-2/h7-8,10-11,13-14,16-17,19-20,22-23,26,30,40,43,48-51,53-55,57,59-61,63-64H,4-6,9,12,15,18,21,24-25,27-29,31-39,41-42,44-47H2,1-3H3,(H,58,65)/b10-7+,11-8+,16-13+,17-14+,22-19+,23-20-,30-26-,43-40+. The van der Waals surface area contributed by atoms with Crippen molar-refractivity contribution in [3.63, 3.8) is 0 Å². The lowest BCUT2D eigenvalue weighted by Gasteiger charge is -2.41. The molecule has 11 nitrogen and oxygen atoms in total. The summed E-state index contributed by atoms with van der Waals surface area (Å²) >= 11 is 0. The van der Waals surface area contributed by atoms with Crippen molar-refractivity contribution in [2.75, 3.05) is 13.2 Å². The van der Waals surface area contributed by atoms with Crippen molar-refractivity contribution in [3.05, 3.63) is 97.2 Å². The van der Waals surface area contributed by atoms with Crippen LogP contribution in [-0.4, -0.2) is 99.6 Å². The summed E-state index contributed by atoms with van der Waals surface area (Å²) < 4.78 is 17.5. The highest BCUT2D eigenvalue weighted by molar-refractivity contribution is 5.80. The number of esters is 1. The number of nitrogens with one attached hydrogen (secondary N) is 1. The normalized spacial score (nSPS) is 20.7. The average molecular weight is 954 g/mol. The molecule has 1 rings (SSSR count). The number of aliphatic hydroxyl groups excluding tert-OH is 5. The second-order valence-corrected chi connectivity index (χ2v) is 18.0. The summed E-state index contributed by atoms with van der Waals surface area (Å²) in [6.45, 7) is 5.44. The van der Waals surface area contributed by atoms with Crippen molar-refractivity contribution in [3.8, 4) is 0 Å². The molecule has 0 spiro atoms. The molecule has 1 fully saturated rings. The van der Waals surface area contributed by atoms with Gasteiger partial charge in [-0.2, -0.15) is 0 Å². The summed E-state index contributed by atoms with van der Waals surface area (Å²) in [5.41, 5.74) is 0. The summed E-state index contributed by atoms with van der Waals surface area (Å²) in [5, 5.41) is 56.6. The molecule has 0 saturated carbocycles. The molecule has 0 aromatic carbocycles. The van der Waals surface area contributed by atoms with Gasteiger partial charge < -0.3 is 45.1 Å². The van der Waals surface area contributed by atoms with E-state index >= 15 is 0 Å². The molecule has 0 bridgehead atoms. The van der Waals surface area contributed by atoms with Gasteiger partial charge in [-0.1, -0.05) is 214 Å². The third-order valence-electron chi connectivity index (χ3n) is 11.9. The van der Waals surface area contributed by atoms with Gasteiger partial charge in [-0.05, 0) is 64.2 Å². The van der Waals surface area contributed by atoms with Gasteiger partial charge in [0.05, 0.1) is 25.4 Å². The Labute approximate surface area is 412 Å². The van der Waals surface area contributed by atoms with Crippen LogP contribution in [0.25, 0.3) is 0 Å². The van der Waals surface area contributed by atoms with Crippen LogP contribution in [0.15, 0.2) is 97.2 Å². The lowest BCUT2D eigenvalue weighted by molar-refractivity contribution is -0.305. The number of amides is 1. The number of rotatable bonds is 42. The van der Waals surface area contributed by atoms with Crippen LogP contribution in [0.1, 0.15) is 188 Å². The van der Waals surface area contributed by atoms with Gasteiger partial charge in [0, 0.05) is 6.42 Å². The number of aliphatic hydroxyl groups is 5. The largest absolute Gasteiger partial charge is 0.454 e. The minimum atomic E-state index is -1.64. The highest BCUT2D eigenvalue weighted by atomic mass is 16.7. The van der Waals surface area contributed by atoms with E-state index in [-0.39, 0.29) is 19.4 Å². The average Bonchev–Trinajstić information content (AvgIpc) is 3.33. The number of ether oxygens (including phenoxy) is 3. The Bertz CT molecular complexity index is 1470. The molecule has 0 aromatic rings. The first kappa shape index (κ1) is 62.6. The Morgan fingerprint density at radius 1 is 0.588 bits per heavy atom. The van der Waals surface area contributed by atoms with E-state index in [4.69, 9.17) is 14.2 Å². The Balaban J connectivity index is 2.81. The molecule has 11 heteroatoms. The molecule has 8 unspecified atom stereocenters. The van der Waals surface area contributed by atoms with Gasteiger partial charge in [0.1, 0.15) is 24.4 Å². The second-order valence-electron chi connectivity index (χ2n) is 18.0. The van der Waals surface area contributed by atoms with E-state index < -0.39 is 67.4 Å². The van der Waals surface area contributed by atoms with Crippen LogP contribution in [0.5, 0.6) is 0 Å². The Morgan fingerprint density at radius 3 is 1.59 bits per heavy atom. The third kappa shape index (κ3) is 33.2. The molecular weight excluding hydrogens is 859 g/mol. The molecule has 388 valence electrons. The number of hydrogen-bond acceptors (Lipinski definition) is 10. The Hall–Kier alpha value is -3.42. The van der Waals surface area contributed by atoms with Crippen molar-refractivity contribution in [1.29, 1.82) is 0 Å². The minimum Gasteiger partial charge on any atom is -0.454 e. The van der Waals surface area contributed by atoms with E-state index in [1.807, 2.05) is 54.7 Å². The van der Waals surface area contributed by atoms with Crippen molar-refractivity contribution in [2.24, 2.45) is 0 Å². The molecule has 1 aliphatic heterocycles. The molecule has 0 aliphatic carbocycles. The van der Waals surface area contributed by atoms with Crippen LogP contribution in [0, 0.1) is 0 Å². The molecule has 0 radical (unpaired) electrons. The first-order valence-corrected chi connectivity index (χ1v) is 26.6. The fourth-order valence-electron chi connectivity index (χ4n) is 7.66. The van der Waals surface area contributed by atoms with E-state index in [0.29, 0.717) is 12.8 Å². The molecule has 1 saturated heterocycles. The maximum Gasteiger partial charge on any atom is 0.306 e. The lowest BCUT2D eigenvalue weighted by Crippen LogP contribution is -2.61. The first-order chi connectivity index (χ1) is 33.2. The molecule has 68 heavy (non-hydrogen) atoms. The quantitative estimate of drug-likeness (QED) is 0.0150.